The monoisotopic (exact) mass is 264 g/mol. The highest BCUT2D eigenvalue weighted by Gasteiger charge is 2.30. The molecule has 1 saturated heterocycles. The van der Waals surface area contributed by atoms with Gasteiger partial charge in [-0.25, -0.2) is 4.98 Å². The number of imidazole rings is 1. The van der Waals surface area contributed by atoms with Crippen LogP contribution in [0.2, 0.25) is 0 Å². The molecule has 1 fully saturated rings. The molecule has 1 aliphatic rings. The highest BCUT2D eigenvalue weighted by molar-refractivity contribution is 5.82. The fraction of sp³-hybridized carbons (Fsp3) is 0.714. The topological polar surface area (TPSA) is 59.0 Å². The number of aromatic nitrogens is 2. The van der Waals surface area contributed by atoms with Crippen LogP contribution in [0.1, 0.15) is 33.6 Å². The van der Waals surface area contributed by atoms with Crippen molar-refractivity contribution in [3.8, 4) is 0 Å². The summed E-state index contributed by atoms with van der Waals surface area (Å²) in [5, 5.41) is 6.43. The highest BCUT2D eigenvalue weighted by Crippen LogP contribution is 2.21. The maximum atomic E-state index is 12.2. The first-order chi connectivity index (χ1) is 8.97. The van der Waals surface area contributed by atoms with Crippen LogP contribution in [0.25, 0.3) is 0 Å². The average Bonchev–Trinajstić information content (AvgIpc) is 2.99. The fourth-order valence-electron chi connectivity index (χ4n) is 2.32. The van der Waals surface area contributed by atoms with Crippen molar-refractivity contribution >= 4 is 5.91 Å². The van der Waals surface area contributed by atoms with E-state index in [1.165, 1.54) is 0 Å². The molecule has 1 aromatic rings. The molecular formula is C14H24N4O. The third-order valence-electron chi connectivity index (χ3n) is 3.69. The minimum Gasteiger partial charge on any atom is -0.350 e. The van der Waals surface area contributed by atoms with Crippen molar-refractivity contribution in [1.82, 2.24) is 20.2 Å². The van der Waals surface area contributed by atoms with Gasteiger partial charge in [-0.2, -0.15) is 0 Å². The maximum absolute atomic E-state index is 12.2. The Labute approximate surface area is 114 Å². The van der Waals surface area contributed by atoms with E-state index in [1.54, 1.807) is 12.5 Å². The van der Waals surface area contributed by atoms with E-state index in [1.807, 2.05) is 10.8 Å². The zero-order valence-electron chi connectivity index (χ0n) is 12.0. The van der Waals surface area contributed by atoms with E-state index in [9.17, 15) is 4.79 Å². The standard InChI is InChI=1S/C14H24N4O/c1-14(2,3)12(9-18-8-7-15-10-18)17-13(19)11-5-4-6-16-11/h7-8,10-12,16H,4-6,9H2,1-3H3,(H,17,19). The summed E-state index contributed by atoms with van der Waals surface area (Å²) in [5.41, 5.74) is 0.0124. The van der Waals surface area contributed by atoms with Crippen molar-refractivity contribution in [3.63, 3.8) is 0 Å². The molecule has 0 aromatic carbocycles. The lowest BCUT2D eigenvalue weighted by Crippen LogP contribution is -2.51. The van der Waals surface area contributed by atoms with Crippen molar-refractivity contribution in [3.05, 3.63) is 18.7 Å². The summed E-state index contributed by atoms with van der Waals surface area (Å²) in [6.45, 7) is 8.15. The van der Waals surface area contributed by atoms with Crippen molar-refractivity contribution in [2.24, 2.45) is 5.41 Å². The summed E-state index contributed by atoms with van der Waals surface area (Å²) < 4.78 is 2.01. The van der Waals surface area contributed by atoms with Crippen molar-refractivity contribution in [1.29, 1.82) is 0 Å². The van der Waals surface area contributed by atoms with Crippen LogP contribution in [0.15, 0.2) is 18.7 Å². The molecule has 2 heterocycles. The lowest BCUT2D eigenvalue weighted by Gasteiger charge is -2.32. The van der Waals surface area contributed by atoms with Crippen LogP contribution in [-0.2, 0) is 11.3 Å². The molecule has 106 valence electrons. The number of hydrogen-bond acceptors (Lipinski definition) is 3. The van der Waals surface area contributed by atoms with Gasteiger partial charge >= 0.3 is 0 Å². The van der Waals surface area contributed by atoms with Crippen LogP contribution in [0.3, 0.4) is 0 Å². The van der Waals surface area contributed by atoms with Gasteiger partial charge in [0, 0.05) is 18.9 Å². The first-order valence-corrected chi connectivity index (χ1v) is 6.96. The van der Waals surface area contributed by atoms with Gasteiger partial charge in [0.2, 0.25) is 5.91 Å². The van der Waals surface area contributed by atoms with E-state index >= 15 is 0 Å². The highest BCUT2D eigenvalue weighted by atomic mass is 16.2. The Hall–Kier alpha value is -1.36. The summed E-state index contributed by atoms with van der Waals surface area (Å²) in [7, 11) is 0. The summed E-state index contributed by atoms with van der Waals surface area (Å²) in [6, 6.07) is 0.0734. The van der Waals surface area contributed by atoms with E-state index in [-0.39, 0.29) is 23.4 Å². The molecule has 19 heavy (non-hydrogen) atoms. The first-order valence-electron chi connectivity index (χ1n) is 6.96. The average molecular weight is 264 g/mol. The van der Waals surface area contributed by atoms with Crippen LogP contribution < -0.4 is 10.6 Å². The summed E-state index contributed by atoms with van der Waals surface area (Å²) in [6.07, 6.45) is 7.51. The van der Waals surface area contributed by atoms with Gasteiger partial charge in [0.05, 0.1) is 18.4 Å². The van der Waals surface area contributed by atoms with Gasteiger partial charge in [0.15, 0.2) is 0 Å². The Morgan fingerprint density at radius 2 is 2.37 bits per heavy atom. The Morgan fingerprint density at radius 1 is 1.58 bits per heavy atom. The molecule has 2 unspecified atom stereocenters. The Balaban J connectivity index is 1.99. The van der Waals surface area contributed by atoms with Gasteiger partial charge in [0.1, 0.15) is 0 Å². The van der Waals surface area contributed by atoms with Crippen LogP contribution >= 0.6 is 0 Å². The number of amides is 1. The molecule has 0 saturated carbocycles. The lowest BCUT2D eigenvalue weighted by atomic mass is 9.86. The third kappa shape index (κ3) is 3.80. The Bertz CT molecular complexity index is 402. The smallest absolute Gasteiger partial charge is 0.237 e. The number of hydrogen-bond donors (Lipinski definition) is 2. The van der Waals surface area contributed by atoms with Gasteiger partial charge < -0.3 is 15.2 Å². The maximum Gasteiger partial charge on any atom is 0.237 e. The Morgan fingerprint density at radius 3 is 2.89 bits per heavy atom. The van der Waals surface area contributed by atoms with E-state index in [4.69, 9.17) is 0 Å². The van der Waals surface area contributed by atoms with Crippen LogP contribution in [0.5, 0.6) is 0 Å². The summed E-state index contributed by atoms with van der Waals surface area (Å²) in [5.74, 6) is 0.123. The van der Waals surface area contributed by atoms with E-state index in [2.05, 4.69) is 36.4 Å². The zero-order valence-corrected chi connectivity index (χ0v) is 12.0. The first kappa shape index (κ1) is 14.1. The van der Waals surface area contributed by atoms with Gasteiger partial charge in [-0.05, 0) is 24.8 Å². The third-order valence-corrected chi connectivity index (χ3v) is 3.69. The second-order valence-electron chi connectivity index (χ2n) is 6.34. The van der Waals surface area contributed by atoms with Crippen LogP contribution in [0, 0.1) is 5.41 Å². The van der Waals surface area contributed by atoms with Crippen molar-refractivity contribution in [2.75, 3.05) is 6.54 Å². The molecule has 5 heteroatoms. The Kier molecular flexibility index (Phi) is 4.24. The number of rotatable bonds is 4. The predicted molar refractivity (Wildman–Crippen MR) is 74.6 cm³/mol. The molecule has 0 bridgehead atoms. The predicted octanol–water partition coefficient (Wildman–Crippen LogP) is 1.17. The number of nitrogens with zero attached hydrogens (tertiary/aromatic N) is 2. The largest absolute Gasteiger partial charge is 0.350 e. The number of nitrogens with one attached hydrogen (secondary N) is 2. The van der Waals surface area contributed by atoms with Crippen LogP contribution in [0.4, 0.5) is 0 Å². The van der Waals surface area contributed by atoms with Gasteiger partial charge in [-0.15, -0.1) is 0 Å². The molecule has 2 N–H and O–H groups in total. The molecule has 0 spiro atoms. The van der Waals surface area contributed by atoms with E-state index < -0.39 is 0 Å². The molecule has 0 radical (unpaired) electrons. The van der Waals surface area contributed by atoms with E-state index in [0.29, 0.717) is 0 Å². The van der Waals surface area contributed by atoms with Gasteiger partial charge in [-0.1, -0.05) is 20.8 Å². The number of carbonyl (C=O) groups is 1. The summed E-state index contributed by atoms with van der Waals surface area (Å²) >= 11 is 0. The molecule has 1 aromatic heterocycles. The van der Waals surface area contributed by atoms with E-state index in [0.717, 1.165) is 25.9 Å². The van der Waals surface area contributed by atoms with Crippen molar-refractivity contribution in [2.45, 2.75) is 52.2 Å². The zero-order chi connectivity index (χ0) is 13.9. The molecule has 2 rings (SSSR count). The molecule has 1 aliphatic heterocycles. The molecule has 5 nitrogen and oxygen atoms in total. The minimum atomic E-state index is -0.0207. The number of carbonyl (C=O) groups excluding carboxylic acids is 1. The van der Waals surface area contributed by atoms with Gasteiger partial charge in [0.25, 0.3) is 0 Å². The van der Waals surface area contributed by atoms with Crippen LogP contribution in [-0.4, -0.2) is 34.1 Å². The molecule has 1 amide bonds. The second kappa shape index (κ2) is 5.74. The molecule has 0 aliphatic carbocycles. The second-order valence-corrected chi connectivity index (χ2v) is 6.34. The quantitative estimate of drug-likeness (QED) is 0.858. The van der Waals surface area contributed by atoms with Crippen molar-refractivity contribution < 1.29 is 4.79 Å². The molecular weight excluding hydrogens is 240 g/mol. The summed E-state index contributed by atoms with van der Waals surface area (Å²) in [4.78, 5) is 16.3. The SMILES string of the molecule is CC(C)(C)C(Cn1ccnc1)NC(=O)C1CCCN1. The minimum absolute atomic E-state index is 0.0124. The van der Waals surface area contributed by atoms with Gasteiger partial charge in [-0.3, -0.25) is 4.79 Å². The normalized spacial score (nSPS) is 21.3. The fourth-order valence-corrected chi connectivity index (χ4v) is 2.32. The lowest BCUT2D eigenvalue weighted by molar-refractivity contribution is -0.124. The molecule has 2 atom stereocenters.